The summed E-state index contributed by atoms with van der Waals surface area (Å²) in [5.41, 5.74) is 3.10. The van der Waals surface area contributed by atoms with Crippen molar-refractivity contribution >= 4 is 11.6 Å². The lowest BCUT2D eigenvalue weighted by Crippen LogP contribution is -2.18. The molecule has 0 saturated heterocycles. The summed E-state index contributed by atoms with van der Waals surface area (Å²) >= 11 is 0. The van der Waals surface area contributed by atoms with E-state index in [0.717, 1.165) is 17.7 Å². The lowest BCUT2D eigenvalue weighted by atomic mass is 10.0. The van der Waals surface area contributed by atoms with Crippen LogP contribution in [0.2, 0.25) is 0 Å². The van der Waals surface area contributed by atoms with E-state index in [9.17, 15) is 4.79 Å². The third-order valence-electron chi connectivity index (χ3n) is 3.64. The average Bonchev–Trinajstić information content (AvgIpc) is 3.14. The largest absolute Gasteiger partial charge is 0.454 e. The number of nitrogens with one attached hydrogen (secondary N) is 2. The maximum absolute atomic E-state index is 12.0. The van der Waals surface area contributed by atoms with Crippen molar-refractivity contribution in [2.24, 2.45) is 5.92 Å². The first-order valence-corrected chi connectivity index (χ1v) is 7.84. The maximum Gasteiger partial charge on any atom is 0.250 e. The molecular formula is C17H21N3O4. The van der Waals surface area contributed by atoms with E-state index in [1.807, 2.05) is 18.2 Å². The molecule has 0 aliphatic carbocycles. The van der Waals surface area contributed by atoms with Crippen LogP contribution in [0, 0.1) is 5.92 Å². The van der Waals surface area contributed by atoms with Gasteiger partial charge in [0, 0.05) is 12.7 Å². The van der Waals surface area contributed by atoms with Crippen LogP contribution in [-0.4, -0.2) is 36.6 Å². The van der Waals surface area contributed by atoms with E-state index in [1.165, 1.54) is 7.11 Å². The van der Waals surface area contributed by atoms with Gasteiger partial charge in [0.1, 0.15) is 12.3 Å². The Morgan fingerprint density at radius 1 is 1.38 bits per heavy atom. The Labute approximate surface area is 140 Å². The van der Waals surface area contributed by atoms with Gasteiger partial charge in [0.2, 0.25) is 12.7 Å². The predicted molar refractivity (Wildman–Crippen MR) is 89.2 cm³/mol. The number of amides is 1. The topological polar surface area (TPSA) is 85.5 Å². The van der Waals surface area contributed by atoms with E-state index in [-0.39, 0.29) is 19.3 Å². The SMILES string of the molecule is COCC(=O)Nc1c(-c2ccc3c(c2)OCO3)n[nH]c1CC(C)C. The molecule has 0 saturated carbocycles. The summed E-state index contributed by atoms with van der Waals surface area (Å²) in [4.78, 5) is 12.0. The van der Waals surface area contributed by atoms with Crippen LogP contribution in [0.1, 0.15) is 19.5 Å². The monoisotopic (exact) mass is 331 g/mol. The number of ether oxygens (including phenoxy) is 3. The first-order chi connectivity index (χ1) is 11.6. The number of hydrogen-bond acceptors (Lipinski definition) is 5. The number of nitrogens with zero attached hydrogens (tertiary/aromatic N) is 1. The van der Waals surface area contributed by atoms with Crippen LogP contribution in [-0.2, 0) is 16.0 Å². The quantitative estimate of drug-likeness (QED) is 0.850. The molecule has 0 spiro atoms. The molecule has 2 heterocycles. The van der Waals surface area contributed by atoms with Gasteiger partial charge in [-0.05, 0) is 30.5 Å². The summed E-state index contributed by atoms with van der Waals surface area (Å²) in [5, 5.41) is 10.3. The molecule has 1 amide bonds. The Morgan fingerprint density at radius 2 is 2.17 bits per heavy atom. The molecule has 2 aromatic rings. The smallest absolute Gasteiger partial charge is 0.250 e. The third kappa shape index (κ3) is 3.35. The van der Waals surface area contributed by atoms with E-state index >= 15 is 0 Å². The standard InChI is InChI=1S/C17H21N3O4/c1-10(2)6-12-17(18-15(21)8-22-3)16(20-19-12)11-4-5-13-14(7-11)24-9-23-13/h4-5,7,10H,6,8-9H2,1-3H3,(H,18,21)(H,19,20). The van der Waals surface area contributed by atoms with Crippen molar-refractivity contribution in [3.05, 3.63) is 23.9 Å². The molecule has 128 valence electrons. The number of aromatic nitrogens is 2. The van der Waals surface area contributed by atoms with Crippen LogP contribution in [0.4, 0.5) is 5.69 Å². The number of hydrogen-bond donors (Lipinski definition) is 2. The predicted octanol–water partition coefficient (Wildman–Crippen LogP) is 2.59. The Bertz CT molecular complexity index is 739. The number of carbonyl (C=O) groups is 1. The van der Waals surface area contributed by atoms with Crippen LogP contribution in [0.3, 0.4) is 0 Å². The second-order valence-corrected chi connectivity index (χ2v) is 6.07. The minimum Gasteiger partial charge on any atom is -0.454 e. The highest BCUT2D eigenvalue weighted by Gasteiger charge is 2.21. The number of H-pyrrole nitrogens is 1. The Morgan fingerprint density at radius 3 is 2.92 bits per heavy atom. The fourth-order valence-electron chi connectivity index (χ4n) is 2.63. The lowest BCUT2D eigenvalue weighted by Gasteiger charge is -2.10. The molecule has 3 rings (SSSR count). The van der Waals surface area contributed by atoms with E-state index in [2.05, 4.69) is 29.4 Å². The lowest BCUT2D eigenvalue weighted by molar-refractivity contribution is -0.119. The van der Waals surface area contributed by atoms with Crippen molar-refractivity contribution in [2.45, 2.75) is 20.3 Å². The Kier molecular flexibility index (Phi) is 4.71. The fourth-order valence-corrected chi connectivity index (χ4v) is 2.63. The van der Waals surface area contributed by atoms with Crippen LogP contribution < -0.4 is 14.8 Å². The van der Waals surface area contributed by atoms with E-state index in [1.54, 1.807) is 0 Å². The minimum atomic E-state index is -0.217. The summed E-state index contributed by atoms with van der Waals surface area (Å²) in [6.07, 6.45) is 0.778. The molecule has 0 radical (unpaired) electrons. The number of methoxy groups -OCH3 is 1. The van der Waals surface area contributed by atoms with Crippen LogP contribution >= 0.6 is 0 Å². The highest BCUT2D eigenvalue weighted by molar-refractivity contribution is 5.96. The minimum absolute atomic E-state index is 0.00707. The molecule has 1 aliphatic heterocycles. The first kappa shape index (κ1) is 16.3. The molecule has 7 nitrogen and oxygen atoms in total. The van der Waals surface area contributed by atoms with Gasteiger partial charge in [0.15, 0.2) is 11.5 Å². The second-order valence-electron chi connectivity index (χ2n) is 6.07. The molecule has 7 heteroatoms. The van der Waals surface area contributed by atoms with Gasteiger partial charge < -0.3 is 19.5 Å². The molecule has 1 aromatic heterocycles. The van der Waals surface area contributed by atoms with Gasteiger partial charge in [-0.3, -0.25) is 9.89 Å². The van der Waals surface area contributed by atoms with Crippen molar-refractivity contribution < 1.29 is 19.0 Å². The summed E-state index contributed by atoms with van der Waals surface area (Å²) in [5.74, 6) is 1.59. The second kappa shape index (κ2) is 6.92. The van der Waals surface area contributed by atoms with Crippen LogP contribution in [0.25, 0.3) is 11.3 Å². The molecule has 1 aliphatic rings. The number of benzene rings is 1. The number of aromatic amines is 1. The van der Waals surface area contributed by atoms with Gasteiger partial charge in [-0.15, -0.1) is 0 Å². The van der Waals surface area contributed by atoms with Gasteiger partial charge >= 0.3 is 0 Å². The average molecular weight is 331 g/mol. The zero-order valence-corrected chi connectivity index (χ0v) is 14.0. The van der Waals surface area contributed by atoms with E-state index in [0.29, 0.717) is 28.8 Å². The zero-order valence-electron chi connectivity index (χ0n) is 14.0. The summed E-state index contributed by atoms with van der Waals surface area (Å²) in [6.45, 7) is 4.44. The molecular weight excluding hydrogens is 310 g/mol. The summed E-state index contributed by atoms with van der Waals surface area (Å²) < 4.78 is 15.7. The van der Waals surface area contributed by atoms with Crippen molar-refractivity contribution in [2.75, 3.05) is 25.8 Å². The van der Waals surface area contributed by atoms with Crippen molar-refractivity contribution in [3.8, 4) is 22.8 Å². The molecule has 1 aromatic carbocycles. The first-order valence-electron chi connectivity index (χ1n) is 7.84. The number of carbonyl (C=O) groups excluding carboxylic acids is 1. The molecule has 24 heavy (non-hydrogen) atoms. The van der Waals surface area contributed by atoms with Gasteiger partial charge in [-0.25, -0.2) is 0 Å². The molecule has 0 atom stereocenters. The molecule has 0 bridgehead atoms. The highest BCUT2D eigenvalue weighted by Crippen LogP contribution is 2.38. The Hall–Kier alpha value is -2.54. The molecule has 0 fully saturated rings. The third-order valence-corrected chi connectivity index (χ3v) is 3.64. The maximum atomic E-state index is 12.0. The van der Waals surface area contributed by atoms with Gasteiger partial charge in [-0.1, -0.05) is 13.8 Å². The summed E-state index contributed by atoms with van der Waals surface area (Å²) in [7, 11) is 1.49. The highest BCUT2D eigenvalue weighted by atomic mass is 16.7. The Balaban J connectivity index is 1.97. The fraction of sp³-hybridized carbons (Fsp3) is 0.412. The molecule has 0 unspecified atom stereocenters. The van der Waals surface area contributed by atoms with Crippen molar-refractivity contribution in [1.29, 1.82) is 0 Å². The van der Waals surface area contributed by atoms with Crippen LogP contribution in [0.5, 0.6) is 11.5 Å². The zero-order chi connectivity index (χ0) is 17.1. The normalized spacial score (nSPS) is 12.7. The van der Waals surface area contributed by atoms with Crippen molar-refractivity contribution in [1.82, 2.24) is 10.2 Å². The number of fused-ring (bicyclic) bond motifs is 1. The van der Waals surface area contributed by atoms with Gasteiger partial charge in [0.25, 0.3) is 0 Å². The number of rotatable bonds is 6. The van der Waals surface area contributed by atoms with E-state index < -0.39 is 0 Å². The van der Waals surface area contributed by atoms with Crippen molar-refractivity contribution in [3.63, 3.8) is 0 Å². The number of anilines is 1. The van der Waals surface area contributed by atoms with Crippen LogP contribution in [0.15, 0.2) is 18.2 Å². The van der Waals surface area contributed by atoms with E-state index in [4.69, 9.17) is 14.2 Å². The summed E-state index contributed by atoms with van der Waals surface area (Å²) in [6, 6.07) is 5.60. The van der Waals surface area contributed by atoms with Gasteiger partial charge in [0.05, 0.1) is 11.4 Å². The molecule has 2 N–H and O–H groups in total. The van der Waals surface area contributed by atoms with Gasteiger partial charge in [-0.2, -0.15) is 5.10 Å².